The van der Waals surface area contributed by atoms with Crippen molar-refractivity contribution in [3.05, 3.63) is 58.1 Å². The number of halogens is 1. The number of anilines is 1. The lowest BCUT2D eigenvalue weighted by Gasteiger charge is -2.07. The maximum atomic E-state index is 6.02. The van der Waals surface area contributed by atoms with Crippen LogP contribution in [0.4, 0.5) is 5.69 Å². The van der Waals surface area contributed by atoms with Crippen LogP contribution in [0.15, 0.2) is 42.5 Å². The zero-order valence-corrected chi connectivity index (χ0v) is 12.3. The van der Waals surface area contributed by atoms with Crippen molar-refractivity contribution in [2.75, 3.05) is 11.9 Å². The van der Waals surface area contributed by atoms with E-state index in [0.29, 0.717) is 5.92 Å². The second-order valence-corrected chi connectivity index (χ2v) is 6.64. The van der Waals surface area contributed by atoms with Crippen LogP contribution in [0.5, 0.6) is 0 Å². The van der Waals surface area contributed by atoms with Crippen LogP contribution in [0.1, 0.15) is 16.5 Å². The van der Waals surface area contributed by atoms with Gasteiger partial charge < -0.3 is 5.32 Å². The van der Waals surface area contributed by atoms with Crippen molar-refractivity contribution < 1.29 is 0 Å². The summed E-state index contributed by atoms with van der Waals surface area (Å²) in [4.78, 5) is 4.72. The van der Waals surface area contributed by atoms with Crippen LogP contribution in [0.2, 0.25) is 5.02 Å². The summed E-state index contributed by atoms with van der Waals surface area (Å²) in [5, 5.41) is 5.41. The summed E-state index contributed by atoms with van der Waals surface area (Å²) in [5.74, 6) is 0.516. The molecule has 0 aliphatic carbocycles. The summed E-state index contributed by atoms with van der Waals surface area (Å²) in [6.07, 6.45) is 0.987. The van der Waals surface area contributed by atoms with Gasteiger partial charge in [-0.25, -0.2) is 4.98 Å². The van der Waals surface area contributed by atoms with Crippen LogP contribution in [-0.2, 0) is 6.42 Å². The van der Waals surface area contributed by atoms with Crippen molar-refractivity contribution in [1.29, 1.82) is 0 Å². The highest BCUT2D eigenvalue weighted by atomic mass is 35.5. The summed E-state index contributed by atoms with van der Waals surface area (Å²) in [7, 11) is 0. The number of fused-ring (bicyclic) bond motifs is 2. The lowest BCUT2D eigenvalue weighted by atomic mass is 9.98. The van der Waals surface area contributed by atoms with Gasteiger partial charge in [-0.15, -0.1) is 11.3 Å². The highest BCUT2D eigenvalue weighted by Gasteiger charge is 2.22. The molecule has 0 fully saturated rings. The number of hydrogen-bond donors (Lipinski definition) is 1. The molecule has 1 unspecified atom stereocenters. The van der Waals surface area contributed by atoms with Gasteiger partial charge in [0, 0.05) is 29.6 Å². The molecule has 0 amide bonds. The summed E-state index contributed by atoms with van der Waals surface area (Å²) >= 11 is 7.79. The van der Waals surface area contributed by atoms with Gasteiger partial charge in [-0.3, -0.25) is 0 Å². The van der Waals surface area contributed by atoms with E-state index in [1.807, 2.05) is 12.1 Å². The highest BCUT2D eigenvalue weighted by Crippen LogP contribution is 2.35. The molecule has 4 heteroatoms. The first kappa shape index (κ1) is 12.2. The number of hydrogen-bond acceptors (Lipinski definition) is 3. The molecule has 20 heavy (non-hydrogen) atoms. The minimum Gasteiger partial charge on any atom is -0.384 e. The van der Waals surface area contributed by atoms with Crippen molar-refractivity contribution in [1.82, 2.24) is 4.98 Å². The highest BCUT2D eigenvalue weighted by molar-refractivity contribution is 7.18. The van der Waals surface area contributed by atoms with Gasteiger partial charge in [-0.1, -0.05) is 29.8 Å². The molecule has 1 aromatic heterocycles. The van der Waals surface area contributed by atoms with Gasteiger partial charge in [-0.05, 0) is 29.8 Å². The fourth-order valence-corrected chi connectivity index (χ4v) is 3.98. The first-order valence-corrected chi connectivity index (χ1v) is 7.87. The fourth-order valence-electron chi connectivity index (χ4n) is 2.79. The van der Waals surface area contributed by atoms with Gasteiger partial charge in [0.05, 0.1) is 15.2 Å². The Morgan fingerprint density at radius 2 is 2.15 bits per heavy atom. The molecule has 1 atom stereocenters. The zero-order valence-electron chi connectivity index (χ0n) is 10.8. The second-order valence-electron chi connectivity index (χ2n) is 5.09. The molecule has 0 saturated heterocycles. The maximum Gasteiger partial charge on any atom is 0.0945 e. The van der Waals surface area contributed by atoms with Gasteiger partial charge in [-0.2, -0.15) is 0 Å². The van der Waals surface area contributed by atoms with E-state index in [2.05, 4.69) is 35.6 Å². The molecule has 2 aromatic carbocycles. The fraction of sp³-hybridized carbons (Fsp3) is 0.188. The van der Waals surface area contributed by atoms with E-state index >= 15 is 0 Å². The lowest BCUT2D eigenvalue weighted by Crippen LogP contribution is -2.05. The van der Waals surface area contributed by atoms with Gasteiger partial charge >= 0.3 is 0 Å². The standard InChI is InChI=1S/C16H13ClN2S/c17-11-5-6-15-14(8-11)19-16(20-15)7-10-9-18-13-4-2-1-3-12(10)13/h1-6,8,10,18H,7,9H2. The minimum atomic E-state index is 0.516. The van der Waals surface area contributed by atoms with Crippen molar-refractivity contribution >= 4 is 38.8 Å². The molecule has 1 aliphatic heterocycles. The summed E-state index contributed by atoms with van der Waals surface area (Å²) in [6.45, 7) is 0.996. The van der Waals surface area contributed by atoms with Gasteiger partial charge in [0.25, 0.3) is 0 Å². The Hall–Kier alpha value is -1.58. The van der Waals surface area contributed by atoms with E-state index in [4.69, 9.17) is 16.6 Å². The van der Waals surface area contributed by atoms with Gasteiger partial charge in [0.2, 0.25) is 0 Å². The number of nitrogens with zero attached hydrogens (tertiary/aromatic N) is 1. The molecule has 2 heterocycles. The number of para-hydroxylation sites is 1. The SMILES string of the molecule is Clc1ccc2sc(CC3CNc4ccccc43)nc2c1. The third kappa shape index (κ3) is 2.07. The van der Waals surface area contributed by atoms with Crippen LogP contribution in [0, 0.1) is 0 Å². The molecule has 3 aromatic rings. The summed E-state index contributed by atoms with van der Waals surface area (Å²) in [6, 6.07) is 14.5. The Balaban J connectivity index is 1.65. The number of rotatable bonds is 2. The number of benzene rings is 2. The van der Waals surface area contributed by atoms with E-state index in [1.54, 1.807) is 11.3 Å². The monoisotopic (exact) mass is 300 g/mol. The van der Waals surface area contributed by atoms with Crippen molar-refractivity contribution in [2.45, 2.75) is 12.3 Å². The van der Waals surface area contributed by atoms with Crippen LogP contribution in [0.3, 0.4) is 0 Å². The summed E-state index contributed by atoms with van der Waals surface area (Å²) < 4.78 is 1.21. The molecule has 1 aliphatic rings. The van der Waals surface area contributed by atoms with Crippen LogP contribution in [0.25, 0.3) is 10.2 Å². The number of nitrogens with one attached hydrogen (secondary N) is 1. The Bertz CT molecular complexity index is 781. The molecular formula is C16H13ClN2S. The molecule has 0 spiro atoms. The predicted octanol–water partition coefficient (Wildman–Crippen LogP) is 4.70. The van der Waals surface area contributed by atoms with E-state index in [9.17, 15) is 0 Å². The molecule has 4 rings (SSSR count). The Kier molecular flexibility index (Phi) is 2.90. The molecule has 0 saturated carbocycles. The Morgan fingerprint density at radius 3 is 3.10 bits per heavy atom. The molecule has 0 bridgehead atoms. The lowest BCUT2D eigenvalue weighted by molar-refractivity contribution is 0.749. The molecule has 100 valence electrons. The van der Waals surface area contributed by atoms with E-state index in [1.165, 1.54) is 21.0 Å². The Labute approximate surface area is 126 Å². The van der Waals surface area contributed by atoms with Crippen molar-refractivity contribution in [2.24, 2.45) is 0 Å². The Morgan fingerprint density at radius 1 is 1.25 bits per heavy atom. The van der Waals surface area contributed by atoms with Gasteiger partial charge in [0.15, 0.2) is 0 Å². The third-order valence-electron chi connectivity index (χ3n) is 3.75. The average Bonchev–Trinajstić information content (AvgIpc) is 3.03. The summed E-state index contributed by atoms with van der Waals surface area (Å²) in [5.41, 5.74) is 3.68. The molecular weight excluding hydrogens is 288 g/mol. The van der Waals surface area contributed by atoms with Crippen LogP contribution in [-0.4, -0.2) is 11.5 Å². The third-order valence-corrected chi connectivity index (χ3v) is 5.05. The average molecular weight is 301 g/mol. The van der Waals surface area contributed by atoms with Crippen molar-refractivity contribution in [3.8, 4) is 0 Å². The molecule has 1 N–H and O–H groups in total. The van der Waals surface area contributed by atoms with Crippen LogP contribution >= 0.6 is 22.9 Å². The number of aromatic nitrogens is 1. The topological polar surface area (TPSA) is 24.9 Å². The van der Waals surface area contributed by atoms with E-state index in [0.717, 1.165) is 23.5 Å². The minimum absolute atomic E-state index is 0.516. The van der Waals surface area contributed by atoms with E-state index < -0.39 is 0 Å². The molecule has 2 nitrogen and oxygen atoms in total. The first-order chi connectivity index (χ1) is 9.79. The van der Waals surface area contributed by atoms with Gasteiger partial charge in [0.1, 0.15) is 0 Å². The quantitative estimate of drug-likeness (QED) is 0.742. The maximum absolute atomic E-state index is 6.02. The smallest absolute Gasteiger partial charge is 0.0945 e. The largest absolute Gasteiger partial charge is 0.384 e. The molecule has 0 radical (unpaired) electrons. The van der Waals surface area contributed by atoms with Crippen molar-refractivity contribution in [3.63, 3.8) is 0 Å². The van der Waals surface area contributed by atoms with E-state index in [-0.39, 0.29) is 0 Å². The first-order valence-electron chi connectivity index (χ1n) is 6.67. The number of thiazole rings is 1. The van der Waals surface area contributed by atoms with Crippen LogP contribution < -0.4 is 5.32 Å². The second kappa shape index (κ2) is 4.76. The predicted molar refractivity (Wildman–Crippen MR) is 86.0 cm³/mol. The zero-order chi connectivity index (χ0) is 13.5. The normalized spacial score (nSPS) is 17.1.